The lowest BCUT2D eigenvalue weighted by Crippen LogP contribution is -2.38. The fourth-order valence-electron chi connectivity index (χ4n) is 5.04. The van der Waals surface area contributed by atoms with Gasteiger partial charge in [0.25, 0.3) is 5.91 Å². The summed E-state index contributed by atoms with van der Waals surface area (Å²) in [4.78, 5) is 26.9. The standard InChI is InChI=1S/C29H32N2O4S/c1-5-29(2,3)19-10-15-22-23(16-19)36-27-24(22)26(32)30-25(31-27)17-6-13-21(14-7-17)35-28(33)18-8-11-20(34-4)12-9-18/h6-9,11-14,19,25,31H,5,10,15-16H2,1-4H3,(H,30,32)/t19-,25-/m1/s1. The fraction of sp³-hybridized carbons (Fsp3) is 0.379. The molecule has 0 radical (unpaired) electrons. The van der Waals surface area contributed by atoms with Crippen molar-refractivity contribution in [3.8, 4) is 11.5 Å². The average Bonchev–Trinajstić information content (AvgIpc) is 3.27. The van der Waals surface area contributed by atoms with Crippen molar-refractivity contribution in [2.75, 3.05) is 12.4 Å². The molecule has 1 aliphatic carbocycles. The third-order valence-electron chi connectivity index (χ3n) is 7.81. The Kier molecular flexibility index (Phi) is 6.51. The number of anilines is 1. The minimum atomic E-state index is -0.437. The molecule has 2 heterocycles. The zero-order valence-corrected chi connectivity index (χ0v) is 22.0. The first-order chi connectivity index (χ1) is 17.3. The molecule has 2 N–H and O–H groups in total. The lowest BCUT2D eigenvalue weighted by atomic mass is 9.69. The molecule has 188 valence electrons. The highest BCUT2D eigenvalue weighted by Crippen LogP contribution is 2.47. The van der Waals surface area contributed by atoms with Crippen LogP contribution < -0.4 is 20.1 Å². The molecule has 0 spiro atoms. The number of carbonyl (C=O) groups excluding carboxylic acids is 2. The molecule has 1 aliphatic heterocycles. The second kappa shape index (κ2) is 9.62. The number of nitrogens with one attached hydrogen (secondary N) is 2. The first kappa shape index (κ1) is 24.4. The van der Waals surface area contributed by atoms with Crippen molar-refractivity contribution < 1.29 is 19.1 Å². The molecule has 0 bridgehead atoms. The minimum absolute atomic E-state index is 0.0190. The van der Waals surface area contributed by atoms with Gasteiger partial charge in [0.05, 0.1) is 18.2 Å². The number of ether oxygens (including phenoxy) is 2. The topological polar surface area (TPSA) is 76.7 Å². The third-order valence-corrected chi connectivity index (χ3v) is 8.99. The van der Waals surface area contributed by atoms with Gasteiger partial charge in [-0.15, -0.1) is 11.3 Å². The van der Waals surface area contributed by atoms with E-state index >= 15 is 0 Å². The molecule has 0 unspecified atom stereocenters. The number of rotatable bonds is 6. The molecule has 6 nitrogen and oxygen atoms in total. The van der Waals surface area contributed by atoms with E-state index < -0.39 is 5.97 Å². The normalized spacial score (nSPS) is 18.9. The second-order valence-corrected chi connectivity index (χ2v) is 11.3. The number of hydrogen-bond acceptors (Lipinski definition) is 6. The lowest BCUT2D eigenvalue weighted by molar-refractivity contribution is 0.0734. The summed E-state index contributed by atoms with van der Waals surface area (Å²) in [6.45, 7) is 6.98. The number of fused-ring (bicyclic) bond motifs is 3. The Hall–Kier alpha value is -3.32. The van der Waals surface area contributed by atoms with Crippen LogP contribution in [0.1, 0.15) is 76.5 Å². The molecule has 3 aromatic rings. The summed E-state index contributed by atoms with van der Waals surface area (Å²) >= 11 is 1.73. The van der Waals surface area contributed by atoms with E-state index in [4.69, 9.17) is 9.47 Å². The SMILES string of the molecule is CCC(C)(C)[C@@H]1CCc2c(sc3c2C(=O)N[C@@H](c2ccc(OC(=O)c4ccc(OC)cc4)cc2)N3)C1. The summed E-state index contributed by atoms with van der Waals surface area (Å²) in [5, 5.41) is 7.60. The molecule has 36 heavy (non-hydrogen) atoms. The maximum Gasteiger partial charge on any atom is 0.343 e. The van der Waals surface area contributed by atoms with Gasteiger partial charge in [-0.25, -0.2) is 4.79 Å². The predicted molar refractivity (Wildman–Crippen MR) is 142 cm³/mol. The number of hydrogen-bond donors (Lipinski definition) is 2. The first-order valence-corrected chi connectivity index (χ1v) is 13.3. The van der Waals surface area contributed by atoms with Crippen LogP contribution in [0.4, 0.5) is 5.00 Å². The highest BCUT2D eigenvalue weighted by Gasteiger charge is 2.37. The number of methoxy groups -OCH3 is 1. The molecule has 2 aliphatic rings. The van der Waals surface area contributed by atoms with Crippen LogP contribution in [0.2, 0.25) is 0 Å². The smallest absolute Gasteiger partial charge is 0.343 e. The Morgan fingerprint density at radius 1 is 1.06 bits per heavy atom. The van der Waals surface area contributed by atoms with Gasteiger partial charge in [0, 0.05) is 4.88 Å². The predicted octanol–water partition coefficient (Wildman–Crippen LogP) is 6.37. The van der Waals surface area contributed by atoms with Gasteiger partial charge in [-0.2, -0.15) is 0 Å². The molecular formula is C29H32N2O4S. The highest BCUT2D eigenvalue weighted by molar-refractivity contribution is 7.16. The molecule has 0 fully saturated rings. The van der Waals surface area contributed by atoms with E-state index in [1.54, 1.807) is 54.8 Å². The van der Waals surface area contributed by atoms with Crippen LogP contribution in [-0.4, -0.2) is 19.0 Å². The number of carbonyl (C=O) groups is 2. The summed E-state index contributed by atoms with van der Waals surface area (Å²) in [7, 11) is 1.58. The molecule has 5 rings (SSSR count). The first-order valence-electron chi connectivity index (χ1n) is 12.5. The Balaban J connectivity index is 1.28. The number of amides is 1. The minimum Gasteiger partial charge on any atom is -0.497 e. The van der Waals surface area contributed by atoms with Gasteiger partial charge in [-0.05, 0) is 78.1 Å². The van der Waals surface area contributed by atoms with Crippen molar-refractivity contribution in [1.29, 1.82) is 0 Å². The van der Waals surface area contributed by atoms with E-state index in [9.17, 15) is 9.59 Å². The van der Waals surface area contributed by atoms with Crippen molar-refractivity contribution in [3.05, 3.63) is 75.7 Å². The molecular weight excluding hydrogens is 472 g/mol. The highest BCUT2D eigenvalue weighted by atomic mass is 32.1. The van der Waals surface area contributed by atoms with Gasteiger partial charge in [0.15, 0.2) is 0 Å². The molecule has 2 atom stereocenters. The fourth-order valence-corrected chi connectivity index (χ4v) is 6.39. The van der Waals surface area contributed by atoms with E-state index in [2.05, 4.69) is 31.4 Å². The van der Waals surface area contributed by atoms with Crippen LogP contribution in [0.15, 0.2) is 48.5 Å². The summed E-state index contributed by atoms with van der Waals surface area (Å²) in [6.07, 6.45) is 3.96. The molecule has 2 aromatic carbocycles. The van der Waals surface area contributed by atoms with Crippen LogP contribution in [0, 0.1) is 11.3 Å². The van der Waals surface area contributed by atoms with Crippen LogP contribution in [0.3, 0.4) is 0 Å². The Morgan fingerprint density at radius 2 is 1.75 bits per heavy atom. The Bertz CT molecular complexity index is 1280. The van der Waals surface area contributed by atoms with Gasteiger partial charge in [0.2, 0.25) is 0 Å². The van der Waals surface area contributed by atoms with Crippen molar-refractivity contribution in [3.63, 3.8) is 0 Å². The quantitative estimate of drug-likeness (QED) is 0.301. The Morgan fingerprint density at radius 3 is 2.42 bits per heavy atom. The van der Waals surface area contributed by atoms with E-state index in [1.165, 1.54) is 10.4 Å². The van der Waals surface area contributed by atoms with Crippen LogP contribution in [0.5, 0.6) is 11.5 Å². The molecule has 0 saturated heterocycles. The van der Waals surface area contributed by atoms with E-state index in [0.717, 1.165) is 41.8 Å². The number of esters is 1. The summed E-state index contributed by atoms with van der Waals surface area (Å²) in [5.41, 5.74) is 3.69. The largest absolute Gasteiger partial charge is 0.497 e. The monoisotopic (exact) mass is 504 g/mol. The maximum atomic E-state index is 13.1. The van der Waals surface area contributed by atoms with Gasteiger partial charge in [-0.3, -0.25) is 4.79 Å². The zero-order chi connectivity index (χ0) is 25.4. The third kappa shape index (κ3) is 4.60. The van der Waals surface area contributed by atoms with Crippen LogP contribution in [-0.2, 0) is 12.8 Å². The van der Waals surface area contributed by atoms with Crippen LogP contribution in [0.25, 0.3) is 0 Å². The van der Waals surface area contributed by atoms with Gasteiger partial charge in [-0.1, -0.05) is 39.3 Å². The lowest BCUT2D eigenvalue weighted by Gasteiger charge is -2.36. The van der Waals surface area contributed by atoms with Crippen LogP contribution >= 0.6 is 11.3 Å². The summed E-state index contributed by atoms with van der Waals surface area (Å²) < 4.78 is 10.6. The van der Waals surface area contributed by atoms with Gasteiger partial charge < -0.3 is 20.1 Å². The van der Waals surface area contributed by atoms with E-state index in [0.29, 0.717) is 28.4 Å². The summed E-state index contributed by atoms with van der Waals surface area (Å²) in [6, 6.07) is 14.0. The van der Waals surface area contributed by atoms with Crippen molar-refractivity contribution >= 4 is 28.2 Å². The van der Waals surface area contributed by atoms with Crippen molar-refractivity contribution in [2.45, 2.75) is 52.6 Å². The van der Waals surface area contributed by atoms with Crippen molar-refractivity contribution in [2.24, 2.45) is 11.3 Å². The number of thiophene rings is 1. The maximum absolute atomic E-state index is 13.1. The molecule has 1 amide bonds. The van der Waals surface area contributed by atoms with E-state index in [-0.39, 0.29) is 12.1 Å². The summed E-state index contributed by atoms with van der Waals surface area (Å²) in [5.74, 6) is 1.31. The van der Waals surface area contributed by atoms with Gasteiger partial charge in [0.1, 0.15) is 22.7 Å². The molecule has 7 heteroatoms. The van der Waals surface area contributed by atoms with E-state index in [1.807, 2.05) is 12.1 Å². The van der Waals surface area contributed by atoms with Crippen molar-refractivity contribution in [1.82, 2.24) is 5.32 Å². The number of benzene rings is 2. The molecule has 1 aromatic heterocycles. The Labute approximate surface area is 216 Å². The zero-order valence-electron chi connectivity index (χ0n) is 21.1. The van der Waals surface area contributed by atoms with Gasteiger partial charge >= 0.3 is 5.97 Å². The average molecular weight is 505 g/mol. The second-order valence-electron chi connectivity index (χ2n) is 10.2. The molecule has 0 saturated carbocycles.